The van der Waals surface area contributed by atoms with Gasteiger partial charge in [-0.15, -0.1) is 0 Å². The topological polar surface area (TPSA) is 41.9 Å². The van der Waals surface area contributed by atoms with Crippen molar-refractivity contribution in [3.8, 4) is 0 Å². The molecule has 21 heavy (non-hydrogen) atoms. The molecule has 0 aliphatic carbocycles. The summed E-state index contributed by atoms with van der Waals surface area (Å²) >= 11 is 5.35. The van der Waals surface area contributed by atoms with Crippen molar-refractivity contribution in [2.45, 2.75) is 32.9 Å². The number of hydrogen-bond donors (Lipinski definition) is 2. The van der Waals surface area contributed by atoms with E-state index in [1.807, 2.05) is 23.0 Å². The highest BCUT2D eigenvalue weighted by Gasteiger charge is 2.11. The fourth-order valence-corrected chi connectivity index (χ4v) is 2.54. The first-order valence-electron chi connectivity index (χ1n) is 7.30. The Morgan fingerprint density at radius 1 is 1.29 bits per heavy atom. The number of benzene rings is 1. The maximum atomic E-state index is 5.35. The Labute approximate surface area is 131 Å². The third kappa shape index (κ3) is 4.56. The van der Waals surface area contributed by atoms with E-state index in [2.05, 4.69) is 53.8 Å². The Bertz CT molecular complexity index is 565. The molecule has 1 heterocycles. The van der Waals surface area contributed by atoms with Crippen LogP contribution in [0, 0.1) is 0 Å². The van der Waals surface area contributed by atoms with E-state index in [1.54, 1.807) is 0 Å². The molecule has 112 valence electrons. The summed E-state index contributed by atoms with van der Waals surface area (Å²) in [5, 5.41) is 11.5. The van der Waals surface area contributed by atoms with Crippen LogP contribution in [0.15, 0.2) is 42.6 Å². The fourth-order valence-electron chi connectivity index (χ4n) is 2.26. The van der Waals surface area contributed by atoms with Gasteiger partial charge in [0, 0.05) is 19.3 Å². The minimum absolute atomic E-state index is 0.143. The Balaban J connectivity index is 1.77. The number of rotatable bonds is 6. The van der Waals surface area contributed by atoms with Gasteiger partial charge >= 0.3 is 0 Å². The second kappa shape index (κ2) is 7.78. The van der Waals surface area contributed by atoms with Crippen molar-refractivity contribution in [2.24, 2.45) is 0 Å². The first kappa shape index (κ1) is 15.5. The number of hydrogen-bond acceptors (Lipinski definition) is 2. The maximum Gasteiger partial charge on any atom is 0.166 e. The highest BCUT2D eigenvalue weighted by molar-refractivity contribution is 7.80. The van der Waals surface area contributed by atoms with E-state index in [4.69, 9.17) is 12.2 Å². The average molecular weight is 302 g/mol. The second-order valence-electron chi connectivity index (χ2n) is 4.93. The molecule has 2 rings (SSSR count). The molecule has 1 atom stereocenters. The standard InChI is InChI=1S/C16H22N4S/c1-3-20-15(10-12-18-20)13(2)19-16(21)17-11-9-14-7-5-4-6-8-14/h4-8,10,12-13H,3,9,11H2,1-2H3,(H2,17,19,21). The fraction of sp³-hybridized carbons (Fsp3) is 0.375. The molecular weight excluding hydrogens is 280 g/mol. The highest BCUT2D eigenvalue weighted by Crippen LogP contribution is 2.11. The molecule has 0 amide bonds. The molecule has 0 aliphatic heterocycles. The van der Waals surface area contributed by atoms with Gasteiger partial charge in [0.1, 0.15) is 0 Å². The minimum Gasteiger partial charge on any atom is -0.362 e. The lowest BCUT2D eigenvalue weighted by atomic mass is 10.1. The first-order chi connectivity index (χ1) is 10.2. The SMILES string of the molecule is CCn1nccc1C(C)NC(=S)NCCc1ccccc1. The lowest BCUT2D eigenvalue weighted by Crippen LogP contribution is -2.38. The molecule has 0 aliphatic rings. The van der Waals surface area contributed by atoms with Crippen molar-refractivity contribution in [3.05, 3.63) is 53.9 Å². The van der Waals surface area contributed by atoms with Crippen molar-refractivity contribution in [1.82, 2.24) is 20.4 Å². The molecule has 0 radical (unpaired) electrons. The zero-order chi connectivity index (χ0) is 15.1. The average Bonchev–Trinajstić information content (AvgIpc) is 2.97. The van der Waals surface area contributed by atoms with Crippen molar-refractivity contribution in [1.29, 1.82) is 0 Å². The lowest BCUT2D eigenvalue weighted by Gasteiger charge is -2.18. The van der Waals surface area contributed by atoms with Crippen LogP contribution in [0.25, 0.3) is 0 Å². The Morgan fingerprint density at radius 3 is 2.76 bits per heavy atom. The predicted molar refractivity (Wildman–Crippen MR) is 90.2 cm³/mol. The van der Waals surface area contributed by atoms with E-state index in [1.165, 1.54) is 5.56 Å². The summed E-state index contributed by atoms with van der Waals surface area (Å²) < 4.78 is 1.98. The summed E-state index contributed by atoms with van der Waals surface area (Å²) in [4.78, 5) is 0. The smallest absolute Gasteiger partial charge is 0.166 e. The third-order valence-corrected chi connectivity index (χ3v) is 3.64. The van der Waals surface area contributed by atoms with Crippen LogP contribution in [0.5, 0.6) is 0 Å². The first-order valence-corrected chi connectivity index (χ1v) is 7.71. The zero-order valence-electron chi connectivity index (χ0n) is 12.5. The molecule has 0 saturated carbocycles. The van der Waals surface area contributed by atoms with Crippen molar-refractivity contribution in [3.63, 3.8) is 0 Å². The number of thiocarbonyl (C=S) groups is 1. The molecule has 4 nitrogen and oxygen atoms in total. The van der Waals surface area contributed by atoms with Crippen LogP contribution in [0.4, 0.5) is 0 Å². The molecule has 1 aromatic heterocycles. The van der Waals surface area contributed by atoms with Gasteiger partial charge in [-0.2, -0.15) is 5.10 Å². The van der Waals surface area contributed by atoms with Crippen LogP contribution in [0.2, 0.25) is 0 Å². The van der Waals surface area contributed by atoms with Gasteiger partial charge in [0.2, 0.25) is 0 Å². The summed E-state index contributed by atoms with van der Waals surface area (Å²) in [6, 6.07) is 12.6. The Hall–Kier alpha value is -1.88. The maximum absolute atomic E-state index is 5.35. The quantitative estimate of drug-likeness (QED) is 0.805. The van der Waals surface area contributed by atoms with Gasteiger partial charge in [-0.25, -0.2) is 0 Å². The van der Waals surface area contributed by atoms with Crippen molar-refractivity contribution < 1.29 is 0 Å². The molecular formula is C16H22N4S. The van der Waals surface area contributed by atoms with Gasteiger partial charge < -0.3 is 10.6 Å². The largest absolute Gasteiger partial charge is 0.362 e. The van der Waals surface area contributed by atoms with E-state index in [9.17, 15) is 0 Å². The Morgan fingerprint density at radius 2 is 2.05 bits per heavy atom. The lowest BCUT2D eigenvalue weighted by molar-refractivity contribution is 0.564. The van der Waals surface area contributed by atoms with Gasteiger partial charge in [0.25, 0.3) is 0 Å². The van der Waals surface area contributed by atoms with Crippen LogP contribution in [0.3, 0.4) is 0 Å². The van der Waals surface area contributed by atoms with Gasteiger partial charge in [-0.3, -0.25) is 4.68 Å². The van der Waals surface area contributed by atoms with Crippen molar-refractivity contribution >= 4 is 17.3 Å². The van der Waals surface area contributed by atoms with E-state index < -0.39 is 0 Å². The van der Waals surface area contributed by atoms with Gasteiger partial charge in [-0.05, 0) is 44.1 Å². The van der Waals surface area contributed by atoms with E-state index >= 15 is 0 Å². The molecule has 2 N–H and O–H groups in total. The van der Waals surface area contributed by atoms with Crippen LogP contribution in [0.1, 0.15) is 31.1 Å². The molecule has 2 aromatic rings. The molecule has 0 bridgehead atoms. The predicted octanol–water partition coefficient (Wildman–Crippen LogP) is 2.67. The Kier molecular flexibility index (Phi) is 5.75. The molecule has 0 fully saturated rings. The molecule has 5 heteroatoms. The summed E-state index contributed by atoms with van der Waals surface area (Å²) in [5.74, 6) is 0. The van der Waals surface area contributed by atoms with Gasteiger partial charge in [0.15, 0.2) is 5.11 Å². The minimum atomic E-state index is 0.143. The van der Waals surface area contributed by atoms with Crippen molar-refractivity contribution in [2.75, 3.05) is 6.54 Å². The number of nitrogens with zero attached hydrogens (tertiary/aromatic N) is 2. The normalized spacial score (nSPS) is 11.9. The van der Waals surface area contributed by atoms with Crippen LogP contribution < -0.4 is 10.6 Å². The van der Waals surface area contributed by atoms with Gasteiger partial charge in [-0.1, -0.05) is 30.3 Å². The molecule has 0 saturated heterocycles. The molecule has 1 unspecified atom stereocenters. The van der Waals surface area contributed by atoms with E-state index in [0.29, 0.717) is 5.11 Å². The summed E-state index contributed by atoms with van der Waals surface area (Å²) in [6.45, 7) is 5.87. The number of nitrogens with one attached hydrogen (secondary N) is 2. The summed E-state index contributed by atoms with van der Waals surface area (Å²) in [7, 11) is 0. The highest BCUT2D eigenvalue weighted by atomic mass is 32.1. The second-order valence-corrected chi connectivity index (χ2v) is 5.34. The van der Waals surface area contributed by atoms with E-state index in [0.717, 1.165) is 25.2 Å². The van der Waals surface area contributed by atoms with Crippen LogP contribution in [-0.2, 0) is 13.0 Å². The van der Waals surface area contributed by atoms with Crippen LogP contribution in [-0.4, -0.2) is 21.4 Å². The number of aromatic nitrogens is 2. The number of aryl methyl sites for hydroxylation is 1. The molecule has 1 aromatic carbocycles. The summed E-state index contributed by atoms with van der Waals surface area (Å²) in [5.41, 5.74) is 2.45. The van der Waals surface area contributed by atoms with Gasteiger partial charge in [0.05, 0.1) is 11.7 Å². The van der Waals surface area contributed by atoms with E-state index in [-0.39, 0.29) is 6.04 Å². The molecule has 0 spiro atoms. The monoisotopic (exact) mass is 302 g/mol. The van der Waals surface area contributed by atoms with Crippen LogP contribution >= 0.6 is 12.2 Å². The zero-order valence-corrected chi connectivity index (χ0v) is 13.4. The third-order valence-electron chi connectivity index (χ3n) is 3.38. The summed E-state index contributed by atoms with van der Waals surface area (Å²) in [6.07, 6.45) is 2.78.